The number of hydrogen-bond donors (Lipinski definition) is 0. The Bertz CT molecular complexity index is 328. The largest absolute Gasteiger partial charge is 0.265 e. The van der Waals surface area contributed by atoms with Crippen molar-refractivity contribution in [3.8, 4) is 0 Å². The third-order valence-corrected chi connectivity index (χ3v) is 1.35. The molecule has 0 nitrogen and oxygen atoms in total. The molecule has 0 saturated carbocycles. The van der Waals surface area contributed by atoms with Gasteiger partial charge >= 0.3 is 0 Å². The van der Waals surface area contributed by atoms with Crippen LogP contribution < -0.4 is 0 Å². The lowest BCUT2D eigenvalue weighted by Gasteiger charge is -1.98. The maximum Gasteiger partial charge on any atom is 0.265 e. The van der Waals surface area contributed by atoms with E-state index in [2.05, 4.69) is 0 Å². The Morgan fingerprint density at radius 2 is 0.571 bits per heavy atom. The monoisotopic (exact) mass is 217 g/mol. The van der Waals surface area contributed by atoms with E-state index >= 15 is 0 Å². The van der Waals surface area contributed by atoms with Gasteiger partial charge in [-0.05, 0) is 0 Å². The van der Waals surface area contributed by atoms with Crippen molar-refractivity contribution in [3.05, 3.63) is 41.1 Å². The van der Waals surface area contributed by atoms with E-state index in [-0.39, 0.29) is 0 Å². The van der Waals surface area contributed by atoms with Gasteiger partial charge in [-0.2, -0.15) is 0 Å². The first kappa shape index (κ1) is 10.8. The summed E-state index contributed by atoms with van der Waals surface area (Å²) < 4.78 is 86.0. The van der Waals surface area contributed by atoms with Gasteiger partial charge in [-0.3, -0.25) is 0 Å². The molecule has 0 saturated heterocycles. The van der Waals surface area contributed by atoms with Gasteiger partial charge in [0.15, 0.2) is 35.0 Å². The Labute approximate surface area is 73.0 Å². The van der Waals surface area contributed by atoms with Gasteiger partial charge in [0.1, 0.15) is 0 Å². The molecule has 1 radical (unpaired) electrons. The van der Waals surface area contributed by atoms with Gasteiger partial charge in [-0.1, -0.05) is 0 Å². The van der Waals surface area contributed by atoms with Crippen molar-refractivity contribution >= 4 is 0 Å². The number of halogens is 7. The highest BCUT2D eigenvalue weighted by molar-refractivity contribution is 5.46. The summed E-state index contributed by atoms with van der Waals surface area (Å²) in [7, 11) is 0. The van der Waals surface area contributed by atoms with E-state index in [1.54, 1.807) is 0 Å². The van der Waals surface area contributed by atoms with Gasteiger partial charge < -0.3 is 0 Å². The first-order valence-electron chi connectivity index (χ1n) is 3.07. The lowest BCUT2D eigenvalue weighted by atomic mass is 10.3. The summed E-state index contributed by atoms with van der Waals surface area (Å²) in [4.78, 5) is 0. The van der Waals surface area contributed by atoms with Gasteiger partial charge in [0.25, 0.3) is 6.17 Å². The molecule has 14 heavy (non-hydrogen) atoms. The summed E-state index contributed by atoms with van der Waals surface area (Å²) in [5.74, 6) is -15.7. The maximum atomic E-state index is 12.3. The fourth-order valence-corrected chi connectivity index (χ4v) is 0.674. The average molecular weight is 217 g/mol. The van der Waals surface area contributed by atoms with Crippen LogP contribution in [0.5, 0.6) is 0 Å². The second kappa shape index (κ2) is 3.47. The van der Waals surface area contributed by atoms with Crippen LogP contribution in [-0.4, -0.2) is 0 Å². The highest BCUT2D eigenvalue weighted by atomic mass is 19.2. The first-order valence-corrected chi connectivity index (χ1v) is 3.07. The van der Waals surface area contributed by atoms with Gasteiger partial charge in [-0.15, -0.1) is 0 Å². The molecule has 0 aromatic carbocycles. The van der Waals surface area contributed by atoms with Gasteiger partial charge in [0.05, 0.1) is 0 Å². The predicted octanol–water partition coefficient (Wildman–Crippen LogP) is 3.95. The van der Waals surface area contributed by atoms with Crippen LogP contribution >= 0.6 is 0 Å². The van der Waals surface area contributed by atoms with Crippen molar-refractivity contribution in [2.24, 2.45) is 0 Å². The Morgan fingerprint density at radius 1 is 0.357 bits per heavy atom. The van der Waals surface area contributed by atoms with Crippen LogP contribution in [0, 0.1) is 6.17 Å². The summed E-state index contributed by atoms with van der Waals surface area (Å²) >= 11 is 0. The van der Waals surface area contributed by atoms with E-state index in [4.69, 9.17) is 0 Å². The van der Waals surface area contributed by atoms with Crippen molar-refractivity contribution in [2.75, 3.05) is 0 Å². The molecule has 0 amide bonds. The Hall–Kier alpha value is -1.27. The van der Waals surface area contributed by atoms with Crippen molar-refractivity contribution in [2.45, 2.75) is 0 Å². The Balaban J connectivity index is 3.46. The first-order chi connectivity index (χ1) is 6.37. The molecule has 0 heterocycles. The minimum absolute atomic E-state index is 2.62. The molecule has 1 rings (SSSR count). The van der Waals surface area contributed by atoms with E-state index in [9.17, 15) is 30.7 Å². The molecule has 0 aromatic rings. The smallest absolute Gasteiger partial charge is 0.223 e. The summed E-state index contributed by atoms with van der Waals surface area (Å²) in [6, 6.07) is 0. The number of allylic oxidation sites excluding steroid dienone is 6. The highest BCUT2D eigenvalue weighted by Crippen LogP contribution is 2.41. The molecule has 1 aliphatic carbocycles. The molecule has 0 N–H and O–H groups in total. The van der Waals surface area contributed by atoms with Gasteiger partial charge in [-0.25, -0.2) is 30.7 Å². The normalized spacial score (nSPS) is 20.8. The minimum atomic E-state index is -2.62. The molecule has 0 aromatic heterocycles. The zero-order chi connectivity index (χ0) is 11.0. The maximum absolute atomic E-state index is 12.3. The molecule has 0 unspecified atom stereocenters. The van der Waals surface area contributed by atoms with Crippen LogP contribution in [0.4, 0.5) is 30.7 Å². The average Bonchev–Trinajstić information content (AvgIpc) is 2.23. The Morgan fingerprint density at radius 3 is 0.857 bits per heavy atom. The molecule has 0 spiro atoms. The lowest BCUT2D eigenvalue weighted by Crippen LogP contribution is -1.93. The van der Waals surface area contributed by atoms with Crippen LogP contribution in [0.25, 0.3) is 0 Å². The summed E-state index contributed by atoms with van der Waals surface area (Å²) in [5.41, 5.74) is 0. The van der Waals surface area contributed by atoms with Crippen LogP contribution in [-0.2, 0) is 0 Å². The quantitative estimate of drug-likeness (QED) is 0.539. The summed E-state index contributed by atoms with van der Waals surface area (Å²) in [5, 5.41) is 0. The van der Waals surface area contributed by atoms with Gasteiger partial charge in [0.2, 0.25) is 0 Å². The summed E-state index contributed by atoms with van der Waals surface area (Å²) in [6.45, 7) is 0. The number of rotatable bonds is 0. The van der Waals surface area contributed by atoms with Crippen LogP contribution in [0.2, 0.25) is 0 Å². The van der Waals surface area contributed by atoms with Crippen LogP contribution in [0.15, 0.2) is 35.0 Å². The standard InChI is InChI=1S/C7F7/c8-1-2(9)4(11)6(13)7(14)5(12)3(1)10. The summed E-state index contributed by atoms with van der Waals surface area (Å²) in [6.07, 6.45) is -2.62. The molecule has 0 bridgehead atoms. The van der Waals surface area contributed by atoms with E-state index in [1.807, 2.05) is 0 Å². The SMILES string of the molecule is F[C]1C(F)=C(F)C(F)=C(F)C(F)=C1F. The number of hydrogen-bond acceptors (Lipinski definition) is 0. The fourth-order valence-electron chi connectivity index (χ4n) is 0.674. The van der Waals surface area contributed by atoms with E-state index in [1.165, 1.54) is 0 Å². The molecular weight excluding hydrogens is 217 g/mol. The van der Waals surface area contributed by atoms with Crippen LogP contribution in [0.3, 0.4) is 0 Å². The lowest BCUT2D eigenvalue weighted by molar-refractivity contribution is 0.388. The third kappa shape index (κ3) is 1.42. The molecule has 0 aliphatic heterocycles. The molecular formula is C7F7. The highest BCUT2D eigenvalue weighted by Gasteiger charge is 2.37. The molecule has 77 valence electrons. The second-order valence-corrected chi connectivity index (χ2v) is 2.20. The van der Waals surface area contributed by atoms with Crippen molar-refractivity contribution in [1.29, 1.82) is 0 Å². The topological polar surface area (TPSA) is 0 Å². The third-order valence-electron chi connectivity index (χ3n) is 1.35. The molecule has 0 fully saturated rings. The molecule has 7 heteroatoms. The zero-order valence-electron chi connectivity index (χ0n) is 6.15. The van der Waals surface area contributed by atoms with Crippen molar-refractivity contribution in [1.82, 2.24) is 0 Å². The van der Waals surface area contributed by atoms with Crippen molar-refractivity contribution < 1.29 is 30.7 Å². The predicted molar refractivity (Wildman–Crippen MR) is 32.1 cm³/mol. The van der Waals surface area contributed by atoms with E-state index < -0.39 is 41.1 Å². The van der Waals surface area contributed by atoms with Crippen molar-refractivity contribution in [3.63, 3.8) is 0 Å². The Kier molecular flexibility index (Phi) is 2.68. The molecule has 1 aliphatic rings. The fraction of sp³-hybridized carbons (Fsp3) is 0. The minimum Gasteiger partial charge on any atom is -0.223 e. The van der Waals surface area contributed by atoms with Crippen LogP contribution in [0.1, 0.15) is 0 Å². The van der Waals surface area contributed by atoms with E-state index in [0.717, 1.165) is 0 Å². The molecule has 0 atom stereocenters. The van der Waals surface area contributed by atoms with E-state index in [0.29, 0.717) is 0 Å². The second-order valence-electron chi connectivity index (χ2n) is 2.20. The van der Waals surface area contributed by atoms with Gasteiger partial charge in [0, 0.05) is 0 Å². The zero-order valence-corrected chi connectivity index (χ0v) is 6.15.